The van der Waals surface area contributed by atoms with Gasteiger partial charge in [-0.2, -0.15) is 0 Å². The molecule has 54 valence electrons. The third-order valence-electron chi connectivity index (χ3n) is 0.768. The Morgan fingerprint density at radius 2 is 2.22 bits per heavy atom. The summed E-state index contributed by atoms with van der Waals surface area (Å²) in [4.78, 5) is 13.4. The van der Waals surface area contributed by atoms with Gasteiger partial charge in [-0.25, -0.2) is 9.68 Å². The molecule has 0 saturated carbocycles. The molecule has 9 heavy (non-hydrogen) atoms. The standard InChI is InChI=1S/C4H8O5/c5-3(4(6)7)1-2-9-8/h3,5,8H,1-2H2,(H,6,7). The van der Waals surface area contributed by atoms with Crippen molar-refractivity contribution < 1.29 is 25.2 Å². The van der Waals surface area contributed by atoms with E-state index in [4.69, 9.17) is 15.5 Å². The molecule has 0 fully saturated rings. The average Bonchev–Trinajstić information content (AvgIpc) is 1.82. The molecule has 0 rings (SSSR count). The molecule has 0 heterocycles. The van der Waals surface area contributed by atoms with Gasteiger partial charge in [0.1, 0.15) is 0 Å². The Kier molecular flexibility index (Phi) is 3.94. The van der Waals surface area contributed by atoms with E-state index < -0.39 is 12.1 Å². The van der Waals surface area contributed by atoms with Gasteiger partial charge in [0.15, 0.2) is 6.10 Å². The van der Waals surface area contributed by atoms with Crippen LogP contribution in [0.1, 0.15) is 6.42 Å². The number of carboxylic acid groups (broad SMARTS) is 1. The van der Waals surface area contributed by atoms with Gasteiger partial charge in [-0.05, 0) is 0 Å². The first-order valence-electron chi connectivity index (χ1n) is 2.35. The van der Waals surface area contributed by atoms with Gasteiger partial charge >= 0.3 is 5.97 Å². The van der Waals surface area contributed by atoms with Crippen LogP contribution in [0.25, 0.3) is 0 Å². The van der Waals surface area contributed by atoms with Crippen LogP contribution in [-0.4, -0.2) is 34.2 Å². The SMILES string of the molecule is O=C(O)C(O)CCOO. The molecule has 0 radical (unpaired) electrons. The lowest BCUT2D eigenvalue weighted by atomic mass is 10.3. The van der Waals surface area contributed by atoms with Crippen molar-refractivity contribution >= 4 is 5.97 Å². The molecule has 0 aromatic carbocycles. The van der Waals surface area contributed by atoms with E-state index >= 15 is 0 Å². The van der Waals surface area contributed by atoms with Gasteiger partial charge in [0.2, 0.25) is 0 Å². The van der Waals surface area contributed by atoms with Crippen molar-refractivity contribution in [1.82, 2.24) is 0 Å². The molecule has 5 heteroatoms. The van der Waals surface area contributed by atoms with Gasteiger partial charge < -0.3 is 10.2 Å². The maximum atomic E-state index is 9.82. The maximum absolute atomic E-state index is 9.82. The van der Waals surface area contributed by atoms with Crippen LogP contribution >= 0.6 is 0 Å². The summed E-state index contributed by atoms with van der Waals surface area (Å²) in [5.41, 5.74) is 0. The first-order chi connectivity index (χ1) is 4.18. The lowest BCUT2D eigenvalue weighted by Crippen LogP contribution is -2.20. The summed E-state index contributed by atoms with van der Waals surface area (Å²) in [6, 6.07) is 0. The number of carboxylic acids is 1. The summed E-state index contributed by atoms with van der Waals surface area (Å²) in [5.74, 6) is -1.31. The van der Waals surface area contributed by atoms with Gasteiger partial charge in [-0.3, -0.25) is 5.26 Å². The average molecular weight is 136 g/mol. The van der Waals surface area contributed by atoms with Gasteiger partial charge in [0.05, 0.1) is 6.61 Å². The second-order valence-corrected chi connectivity index (χ2v) is 1.48. The molecule has 3 N–H and O–H groups in total. The van der Waals surface area contributed by atoms with E-state index in [0.717, 1.165) is 0 Å². The molecule has 0 aliphatic rings. The lowest BCUT2D eigenvalue weighted by molar-refractivity contribution is -0.245. The molecule has 1 unspecified atom stereocenters. The highest BCUT2D eigenvalue weighted by Gasteiger charge is 2.11. The minimum absolute atomic E-state index is 0.105. The van der Waals surface area contributed by atoms with Gasteiger partial charge in [0, 0.05) is 6.42 Å². The monoisotopic (exact) mass is 136 g/mol. The Hall–Kier alpha value is -0.650. The highest BCUT2D eigenvalue weighted by Crippen LogP contribution is 1.90. The molecule has 0 amide bonds. The Bertz CT molecular complexity index is 91.0. The predicted molar refractivity (Wildman–Crippen MR) is 26.8 cm³/mol. The van der Waals surface area contributed by atoms with E-state index in [1.165, 1.54) is 0 Å². The van der Waals surface area contributed by atoms with Crippen LogP contribution < -0.4 is 0 Å². The van der Waals surface area contributed by atoms with Crippen molar-refractivity contribution in [3.8, 4) is 0 Å². The minimum Gasteiger partial charge on any atom is -0.479 e. The number of aliphatic hydroxyl groups excluding tert-OH is 1. The van der Waals surface area contributed by atoms with E-state index in [0.29, 0.717) is 0 Å². The fourth-order valence-corrected chi connectivity index (χ4v) is 0.288. The van der Waals surface area contributed by atoms with Crippen LogP contribution in [0.15, 0.2) is 0 Å². The zero-order valence-corrected chi connectivity index (χ0v) is 4.65. The molecule has 0 aliphatic carbocycles. The predicted octanol–water partition coefficient (Wildman–Crippen LogP) is -0.688. The minimum atomic E-state index is -1.45. The van der Waals surface area contributed by atoms with Crippen LogP contribution in [0, 0.1) is 0 Å². The molecular formula is C4H8O5. The zero-order valence-electron chi connectivity index (χ0n) is 4.65. The van der Waals surface area contributed by atoms with Crippen molar-refractivity contribution in [2.24, 2.45) is 0 Å². The summed E-state index contributed by atoms with van der Waals surface area (Å²) in [5, 5.41) is 24.2. The largest absolute Gasteiger partial charge is 0.479 e. The Labute approximate surface area is 51.4 Å². The van der Waals surface area contributed by atoms with Crippen molar-refractivity contribution in [3.63, 3.8) is 0 Å². The molecule has 0 aromatic rings. The summed E-state index contributed by atoms with van der Waals surface area (Å²) < 4.78 is 0. The quantitative estimate of drug-likeness (QED) is 0.352. The van der Waals surface area contributed by atoms with E-state index in [9.17, 15) is 4.79 Å². The lowest BCUT2D eigenvalue weighted by Gasteiger charge is -2.00. The van der Waals surface area contributed by atoms with Crippen molar-refractivity contribution in [2.45, 2.75) is 12.5 Å². The van der Waals surface area contributed by atoms with Crippen LogP contribution in [0.5, 0.6) is 0 Å². The first kappa shape index (κ1) is 8.35. The molecule has 1 atom stereocenters. The molecule has 0 spiro atoms. The summed E-state index contributed by atoms with van der Waals surface area (Å²) >= 11 is 0. The summed E-state index contributed by atoms with van der Waals surface area (Å²) in [6.07, 6.45) is -1.55. The number of aliphatic carboxylic acids is 1. The highest BCUT2D eigenvalue weighted by molar-refractivity contribution is 5.71. The number of hydrogen-bond acceptors (Lipinski definition) is 4. The van der Waals surface area contributed by atoms with Gasteiger partial charge in [0.25, 0.3) is 0 Å². The Balaban J connectivity index is 3.27. The molecular weight excluding hydrogens is 128 g/mol. The summed E-state index contributed by atoms with van der Waals surface area (Å²) in [6.45, 7) is -0.173. The topological polar surface area (TPSA) is 87.0 Å². The van der Waals surface area contributed by atoms with Crippen LogP contribution in [0.3, 0.4) is 0 Å². The molecule has 0 bridgehead atoms. The van der Waals surface area contributed by atoms with E-state index in [-0.39, 0.29) is 13.0 Å². The van der Waals surface area contributed by atoms with Crippen molar-refractivity contribution in [2.75, 3.05) is 6.61 Å². The Morgan fingerprint density at radius 1 is 1.67 bits per heavy atom. The van der Waals surface area contributed by atoms with E-state index in [1.54, 1.807) is 0 Å². The molecule has 0 aliphatic heterocycles. The van der Waals surface area contributed by atoms with E-state index in [2.05, 4.69) is 4.89 Å². The molecule has 0 aromatic heterocycles. The van der Waals surface area contributed by atoms with Crippen molar-refractivity contribution in [1.29, 1.82) is 0 Å². The Morgan fingerprint density at radius 3 is 2.56 bits per heavy atom. The van der Waals surface area contributed by atoms with Gasteiger partial charge in [-0.15, -0.1) is 0 Å². The zero-order chi connectivity index (χ0) is 7.28. The van der Waals surface area contributed by atoms with Gasteiger partial charge in [-0.1, -0.05) is 0 Å². The second-order valence-electron chi connectivity index (χ2n) is 1.48. The third-order valence-corrected chi connectivity index (χ3v) is 0.768. The number of rotatable bonds is 4. The third kappa shape index (κ3) is 3.89. The number of hydrogen-bond donors (Lipinski definition) is 3. The van der Waals surface area contributed by atoms with Crippen LogP contribution in [-0.2, 0) is 9.68 Å². The maximum Gasteiger partial charge on any atom is 0.332 e. The smallest absolute Gasteiger partial charge is 0.332 e. The van der Waals surface area contributed by atoms with Crippen molar-refractivity contribution in [3.05, 3.63) is 0 Å². The normalized spacial score (nSPS) is 13.1. The first-order valence-corrected chi connectivity index (χ1v) is 2.35. The number of carbonyl (C=O) groups is 1. The second kappa shape index (κ2) is 4.25. The van der Waals surface area contributed by atoms with Crippen LogP contribution in [0.4, 0.5) is 0 Å². The molecule has 0 saturated heterocycles. The highest BCUT2D eigenvalue weighted by atomic mass is 17.1. The fraction of sp³-hybridized carbons (Fsp3) is 0.750. The van der Waals surface area contributed by atoms with E-state index in [1.807, 2.05) is 0 Å². The molecule has 5 nitrogen and oxygen atoms in total. The van der Waals surface area contributed by atoms with Crippen LogP contribution in [0.2, 0.25) is 0 Å². The fourth-order valence-electron chi connectivity index (χ4n) is 0.288. The summed E-state index contributed by atoms with van der Waals surface area (Å²) in [7, 11) is 0. The number of aliphatic hydroxyl groups is 1.